The number of Topliss-reactive ketones (excluding diaryl/α,β-unsaturated/α-hetero) is 1. The van der Waals surface area contributed by atoms with Gasteiger partial charge in [-0.15, -0.1) is 0 Å². The third kappa shape index (κ3) is 2.89. The number of ketones is 1. The fourth-order valence-electron chi connectivity index (χ4n) is 1.82. The maximum Gasteiger partial charge on any atom is 0.168 e. The Kier molecular flexibility index (Phi) is 4.10. The van der Waals surface area contributed by atoms with Gasteiger partial charge in [-0.1, -0.05) is 30.3 Å². The Hall–Kier alpha value is -1.55. The van der Waals surface area contributed by atoms with Crippen molar-refractivity contribution < 1.29 is 13.6 Å². The van der Waals surface area contributed by atoms with Gasteiger partial charge < -0.3 is 0 Å². The molecule has 0 fully saturated rings. The summed E-state index contributed by atoms with van der Waals surface area (Å²) in [4.78, 5) is 12.1. The fourth-order valence-corrected chi connectivity index (χ4v) is 2.30. The Labute approximate surface area is 118 Å². The van der Waals surface area contributed by atoms with Gasteiger partial charge in [0.15, 0.2) is 17.4 Å². The van der Waals surface area contributed by atoms with Crippen molar-refractivity contribution in [3.63, 3.8) is 0 Å². The second kappa shape index (κ2) is 5.61. The monoisotopic (exact) mass is 324 g/mol. The lowest BCUT2D eigenvalue weighted by molar-refractivity contribution is 0.0991. The molecule has 0 aliphatic carbocycles. The molecule has 0 spiro atoms. The van der Waals surface area contributed by atoms with Crippen LogP contribution in [0.15, 0.2) is 40.9 Å². The lowest BCUT2D eigenvalue weighted by Gasteiger charge is -2.07. The third-order valence-corrected chi connectivity index (χ3v) is 3.93. The number of hydrogen-bond donors (Lipinski definition) is 0. The molecule has 0 atom stereocenters. The van der Waals surface area contributed by atoms with Crippen molar-refractivity contribution >= 4 is 21.7 Å². The highest BCUT2D eigenvalue weighted by Gasteiger charge is 2.15. The van der Waals surface area contributed by atoms with Gasteiger partial charge in [0.05, 0.1) is 0 Å². The zero-order valence-corrected chi connectivity index (χ0v) is 11.8. The molecule has 2 aromatic carbocycles. The van der Waals surface area contributed by atoms with Crippen molar-refractivity contribution in [2.45, 2.75) is 13.3 Å². The van der Waals surface area contributed by atoms with Crippen LogP contribution in [-0.4, -0.2) is 5.78 Å². The summed E-state index contributed by atoms with van der Waals surface area (Å²) in [5, 5.41) is 0. The second-order valence-electron chi connectivity index (χ2n) is 4.25. The van der Waals surface area contributed by atoms with E-state index in [4.69, 9.17) is 0 Å². The predicted molar refractivity (Wildman–Crippen MR) is 73.3 cm³/mol. The van der Waals surface area contributed by atoms with Crippen molar-refractivity contribution in [3.05, 3.63) is 69.2 Å². The molecule has 19 heavy (non-hydrogen) atoms. The Bertz CT molecular complexity index is 638. The standard InChI is InChI=1S/C15H11BrF2O/c1-9-4-2-6-11(14(9)16)13(19)8-10-5-3-7-12(17)15(10)18/h2-7H,8H2,1H3. The van der Waals surface area contributed by atoms with Crippen LogP contribution < -0.4 is 0 Å². The van der Waals surface area contributed by atoms with E-state index in [0.29, 0.717) is 10.0 Å². The van der Waals surface area contributed by atoms with Crippen LogP contribution in [0, 0.1) is 18.6 Å². The van der Waals surface area contributed by atoms with E-state index in [2.05, 4.69) is 15.9 Å². The van der Waals surface area contributed by atoms with Crippen LogP contribution in [0.3, 0.4) is 0 Å². The van der Waals surface area contributed by atoms with Crippen LogP contribution in [0.4, 0.5) is 8.78 Å². The summed E-state index contributed by atoms with van der Waals surface area (Å²) in [5.74, 6) is -2.15. The maximum atomic E-state index is 13.5. The molecule has 0 bridgehead atoms. The Morgan fingerprint density at radius 1 is 1.16 bits per heavy atom. The number of benzene rings is 2. The number of halogens is 3. The SMILES string of the molecule is Cc1cccc(C(=O)Cc2cccc(F)c2F)c1Br. The molecule has 0 aliphatic heterocycles. The van der Waals surface area contributed by atoms with Crippen molar-refractivity contribution in [1.82, 2.24) is 0 Å². The van der Waals surface area contributed by atoms with Crippen LogP contribution in [0.1, 0.15) is 21.5 Å². The first-order valence-corrected chi connectivity index (χ1v) is 6.51. The van der Waals surface area contributed by atoms with Gasteiger partial charge >= 0.3 is 0 Å². The van der Waals surface area contributed by atoms with Crippen molar-refractivity contribution in [3.8, 4) is 0 Å². The largest absolute Gasteiger partial charge is 0.294 e. The van der Waals surface area contributed by atoms with E-state index in [-0.39, 0.29) is 17.8 Å². The lowest BCUT2D eigenvalue weighted by atomic mass is 10.0. The normalized spacial score (nSPS) is 10.5. The molecule has 1 nitrogen and oxygen atoms in total. The van der Waals surface area contributed by atoms with Crippen LogP contribution in [0.5, 0.6) is 0 Å². The molecule has 0 unspecified atom stereocenters. The minimum absolute atomic E-state index is 0.0680. The molecule has 0 heterocycles. The Morgan fingerprint density at radius 2 is 1.84 bits per heavy atom. The van der Waals surface area contributed by atoms with Crippen LogP contribution in [-0.2, 0) is 6.42 Å². The molecular weight excluding hydrogens is 314 g/mol. The first-order chi connectivity index (χ1) is 9.00. The minimum Gasteiger partial charge on any atom is -0.294 e. The molecule has 0 N–H and O–H groups in total. The highest BCUT2D eigenvalue weighted by atomic mass is 79.9. The summed E-state index contributed by atoms with van der Waals surface area (Å²) in [7, 11) is 0. The van der Waals surface area contributed by atoms with Crippen molar-refractivity contribution in [2.24, 2.45) is 0 Å². The zero-order valence-electron chi connectivity index (χ0n) is 10.2. The van der Waals surface area contributed by atoms with Gasteiger partial charge in [-0.2, -0.15) is 0 Å². The molecule has 2 aromatic rings. The molecule has 98 valence electrons. The molecule has 0 radical (unpaired) electrons. The highest BCUT2D eigenvalue weighted by Crippen LogP contribution is 2.23. The quantitative estimate of drug-likeness (QED) is 0.762. The van der Waals surface area contributed by atoms with E-state index in [1.807, 2.05) is 13.0 Å². The number of carbonyl (C=O) groups is 1. The molecule has 4 heteroatoms. The Balaban J connectivity index is 2.31. The molecule has 2 rings (SSSR count). The summed E-state index contributed by atoms with van der Waals surface area (Å²) in [6.07, 6.45) is -0.161. The zero-order chi connectivity index (χ0) is 14.0. The lowest BCUT2D eigenvalue weighted by Crippen LogP contribution is -2.07. The first-order valence-electron chi connectivity index (χ1n) is 5.72. The predicted octanol–water partition coefficient (Wildman–Crippen LogP) is 4.46. The van der Waals surface area contributed by atoms with Gasteiger partial charge in [-0.3, -0.25) is 4.79 Å². The van der Waals surface area contributed by atoms with Gasteiger partial charge in [0, 0.05) is 16.5 Å². The van der Waals surface area contributed by atoms with E-state index in [1.165, 1.54) is 12.1 Å². The van der Waals surface area contributed by atoms with E-state index >= 15 is 0 Å². The second-order valence-corrected chi connectivity index (χ2v) is 5.04. The van der Waals surface area contributed by atoms with Gasteiger partial charge in [0.1, 0.15) is 0 Å². The summed E-state index contributed by atoms with van der Waals surface area (Å²) in [6.45, 7) is 1.86. The third-order valence-electron chi connectivity index (χ3n) is 2.87. The van der Waals surface area contributed by atoms with E-state index in [1.54, 1.807) is 12.1 Å². The van der Waals surface area contributed by atoms with Crippen LogP contribution in [0.25, 0.3) is 0 Å². The van der Waals surface area contributed by atoms with Crippen molar-refractivity contribution in [1.29, 1.82) is 0 Å². The number of rotatable bonds is 3. The molecule has 0 saturated heterocycles. The summed E-state index contributed by atoms with van der Waals surface area (Å²) >= 11 is 3.34. The molecule has 0 aromatic heterocycles. The smallest absolute Gasteiger partial charge is 0.168 e. The minimum atomic E-state index is -0.959. The summed E-state index contributed by atoms with van der Waals surface area (Å²) < 4.78 is 27.3. The van der Waals surface area contributed by atoms with E-state index in [9.17, 15) is 13.6 Å². The molecule has 0 aliphatic rings. The van der Waals surface area contributed by atoms with Gasteiger partial charge in [0.25, 0.3) is 0 Å². The molecule has 0 amide bonds. The van der Waals surface area contributed by atoms with Crippen LogP contribution in [0.2, 0.25) is 0 Å². The summed E-state index contributed by atoms with van der Waals surface area (Å²) in [6, 6.07) is 9.13. The fraction of sp³-hybridized carbons (Fsp3) is 0.133. The van der Waals surface area contributed by atoms with E-state index in [0.717, 1.165) is 11.6 Å². The number of hydrogen-bond acceptors (Lipinski definition) is 1. The first kappa shape index (κ1) is 13.9. The Morgan fingerprint density at radius 3 is 2.58 bits per heavy atom. The van der Waals surface area contributed by atoms with Crippen LogP contribution >= 0.6 is 15.9 Å². The van der Waals surface area contributed by atoms with Gasteiger partial charge in [-0.05, 0) is 40.0 Å². The average Bonchev–Trinajstić information content (AvgIpc) is 2.38. The average molecular weight is 325 g/mol. The molecule has 0 saturated carbocycles. The van der Waals surface area contributed by atoms with Gasteiger partial charge in [0.2, 0.25) is 0 Å². The number of aryl methyl sites for hydroxylation is 1. The van der Waals surface area contributed by atoms with Crippen molar-refractivity contribution in [2.75, 3.05) is 0 Å². The highest BCUT2D eigenvalue weighted by molar-refractivity contribution is 9.10. The number of carbonyl (C=O) groups excluding carboxylic acids is 1. The molecular formula is C15H11BrF2O. The maximum absolute atomic E-state index is 13.5. The van der Waals surface area contributed by atoms with Gasteiger partial charge in [-0.25, -0.2) is 8.78 Å². The van der Waals surface area contributed by atoms with E-state index < -0.39 is 11.6 Å². The topological polar surface area (TPSA) is 17.1 Å². The summed E-state index contributed by atoms with van der Waals surface area (Å²) in [5.41, 5.74) is 1.47.